The van der Waals surface area contributed by atoms with Gasteiger partial charge in [0.05, 0.1) is 18.2 Å². The molecule has 0 saturated carbocycles. The van der Waals surface area contributed by atoms with Crippen LogP contribution in [0.5, 0.6) is 0 Å². The van der Waals surface area contributed by atoms with Crippen LogP contribution in [-0.4, -0.2) is 62.3 Å². The van der Waals surface area contributed by atoms with Gasteiger partial charge >= 0.3 is 18.0 Å². The minimum atomic E-state index is -0.818. The molecule has 2 aliphatic rings. The van der Waals surface area contributed by atoms with E-state index in [-0.39, 0.29) is 36.2 Å². The van der Waals surface area contributed by atoms with E-state index >= 15 is 0 Å². The van der Waals surface area contributed by atoms with Gasteiger partial charge in [-0.2, -0.15) is 11.8 Å². The maximum absolute atomic E-state index is 12.3. The van der Waals surface area contributed by atoms with Crippen LogP contribution in [0.1, 0.15) is 51.4 Å². The molecule has 5 N–H and O–H groups in total. The summed E-state index contributed by atoms with van der Waals surface area (Å²) < 4.78 is 0. The van der Waals surface area contributed by atoms with Gasteiger partial charge in [-0.1, -0.05) is 6.42 Å². The van der Waals surface area contributed by atoms with Crippen LogP contribution < -0.4 is 11.1 Å². The van der Waals surface area contributed by atoms with E-state index < -0.39 is 18.1 Å². The lowest BCUT2D eigenvalue weighted by molar-refractivity contribution is -0.138. The summed E-state index contributed by atoms with van der Waals surface area (Å²) in [5, 5.41) is 20.7. The van der Waals surface area contributed by atoms with Crippen LogP contribution in [0.25, 0.3) is 0 Å². The van der Waals surface area contributed by atoms with Crippen molar-refractivity contribution in [2.75, 3.05) is 5.75 Å². The van der Waals surface area contributed by atoms with Crippen molar-refractivity contribution in [1.82, 2.24) is 10.2 Å². The number of carboxylic acids is 2. The first-order valence-corrected chi connectivity index (χ1v) is 9.84. The van der Waals surface area contributed by atoms with E-state index in [1.807, 2.05) is 11.8 Å². The van der Waals surface area contributed by atoms with Gasteiger partial charge in [0.2, 0.25) is 0 Å². The predicted molar refractivity (Wildman–Crippen MR) is 94.4 cm³/mol. The quantitative estimate of drug-likeness (QED) is 0.318. The highest BCUT2D eigenvalue weighted by Gasteiger charge is 2.49. The molecule has 0 aromatic heterocycles. The number of unbranched alkanes of at least 4 members (excludes halogenated alkanes) is 2. The van der Waals surface area contributed by atoms with Crippen molar-refractivity contribution in [2.24, 2.45) is 5.73 Å². The van der Waals surface area contributed by atoms with E-state index in [4.69, 9.17) is 15.9 Å². The number of hydrogen-bond acceptors (Lipinski definition) is 5. The van der Waals surface area contributed by atoms with Crippen LogP contribution in [0, 0.1) is 0 Å². The summed E-state index contributed by atoms with van der Waals surface area (Å²) in [7, 11) is 0. The van der Waals surface area contributed by atoms with E-state index in [1.54, 1.807) is 4.90 Å². The van der Waals surface area contributed by atoms with Gasteiger partial charge in [-0.15, -0.1) is 0 Å². The number of carbonyl (C=O) groups is 3. The fourth-order valence-corrected chi connectivity index (χ4v) is 5.15. The fourth-order valence-electron chi connectivity index (χ4n) is 3.57. The topological polar surface area (TPSA) is 133 Å². The lowest BCUT2D eigenvalue weighted by Gasteiger charge is -2.32. The molecule has 1 unspecified atom stereocenters. The van der Waals surface area contributed by atoms with Gasteiger partial charge in [0.1, 0.15) is 0 Å². The highest BCUT2D eigenvalue weighted by Crippen LogP contribution is 2.38. The molecule has 0 bridgehead atoms. The summed E-state index contributed by atoms with van der Waals surface area (Å²) in [5.41, 5.74) is 6.23. The molecule has 2 heterocycles. The highest BCUT2D eigenvalue weighted by molar-refractivity contribution is 8.00. The first-order chi connectivity index (χ1) is 11.9. The predicted octanol–water partition coefficient (Wildman–Crippen LogP) is 1.44. The lowest BCUT2D eigenvalue weighted by Crippen LogP contribution is -2.51. The SMILES string of the molecule is NC(CCCCC(=O)O)N1C(=O)N[C@H]2CS[C@@H](CCCCC(=O)O)[C@H]21. The highest BCUT2D eigenvalue weighted by atomic mass is 32.2. The molecule has 4 atom stereocenters. The summed E-state index contributed by atoms with van der Waals surface area (Å²) in [6.07, 6.45) is 4.03. The second kappa shape index (κ2) is 9.28. The van der Waals surface area contributed by atoms with Gasteiger partial charge < -0.3 is 26.2 Å². The first-order valence-electron chi connectivity index (χ1n) is 8.79. The number of nitrogens with one attached hydrogen (secondary N) is 1. The monoisotopic (exact) mass is 373 g/mol. The molecule has 0 aromatic carbocycles. The Morgan fingerprint density at radius 2 is 1.84 bits per heavy atom. The number of thioether (sulfide) groups is 1. The Bertz CT molecular complexity index is 504. The van der Waals surface area contributed by atoms with Gasteiger partial charge in [0, 0.05) is 23.8 Å². The van der Waals surface area contributed by atoms with E-state index in [9.17, 15) is 14.4 Å². The normalized spacial score (nSPS) is 26.4. The number of amides is 2. The van der Waals surface area contributed by atoms with Gasteiger partial charge in [-0.25, -0.2) is 4.79 Å². The number of carboxylic acid groups (broad SMARTS) is 2. The van der Waals surface area contributed by atoms with Crippen LogP contribution in [-0.2, 0) is 9.59 Å². The number of nitrogens with zero attached hydrogens (tertiary/aromatic N) is 1. The third-order valence-corrected chi connectivity index (χ3v) is 6.27. The molecule has 8 nitrogen and oxygen atoms in total. The van der Waals surface area contributed by atoms with Crippen LogP contribution in [0.2, 0.25) is 0 Å². The van der Waals surface area contributed by atoms with Gasteiger partial charge in [-0.05, 0) is 32.1 Å². The van der Waals surface area contributed by atoms with Crippen molar-refractivity contribution in [3.05, 3.63) is 0 Å². The molecule has 0 spiro atoms. The van der Waals surface area contributed by atoms with E-state index in [0.29, 0.717) is 25.7 Å². The van der Waals surface area contributed by atoms with Gasteiger partial charge in [-0.3, -0.25) is 9.59 Å². The van der Waals surface area contributed by atoms with Crippen molar-refractivity contribution < 1.29 is 24.6 Å². The second-order valence-corrected chi connectivity index (χ2v) is 7.94. The third kappa shape index (κ3) is 5.50. The Balaban J connectivity index is 1.85. The molecular weight excluding hydrogens is 346 g/mol. The van der Waals surface area contributed by atoms with E-state index in [1.165, 1.54) is 0 Å². The van der Waals surface area contributed by atoms with Crippen LogP contribution in [0.4, 0.5) is 4.79 Å². The van der Waals surface area contributed by atoms with Crippen LogP contribution in [0.3, 0.4) is 0 Å². The Labute approximate surface area is 151 Å². The van der Waals surface area contributed by atoms with Crippen molar-refractivity contribution in [2.45, 2.75) is 74.9 Å². The van der Waals surface area contributed by atoms with Crippen molar-refractivity contribution in [3.8, 4) is 0 Å². The average molecular weight is 373 g/mol. The second-order valence-electron chi connectivity index (χ2n) is 6.67. The number of aliphatic carboxylic acids is 2. The zero-order chi connectivity index (χ0) is 18.4. The molecule has 2 amide bonds. The molecule has 25 heavy (non-hydrogen) atoms. The minimum Gasteiger partial charge on any atom is -0.481 e. The Morgan fingerprint density at radius 1 is 1.20 bits per heavy atom. The van der Waals surface area contributed by atoms with Crippen molar-refractivity contribution >= 4 is 29.7 Å². The Kier molecular flexibility index (Phi) is 7.37. The number of urea groups is 1. The summed E-state index contributed by atoms with van der Waals surface area (Å²) >= 11 is 1.81. The third-order valence-electron chi connectivity index (χ3n) is 4.77. The average Bonchev–Trinajstić information content (AvgIpc) is 3.05. The Morgan fingerprint density at radius 3 is 2.48 bits per heavy atom. The maximum atomic E-state index is 12.3. The number of rotatable bonds is 11. The van der Waals surface area contributed by atoms with E-state index in [2.05, 4.69) is 5.32 Å². The van der Waals surface area contributed by atoms with Crippen LogP contribution in [0.15, 0.2) is 0 Å². The first kappa shape index (κ1) is 19.8. The fraction of sp³-hybridized carbons (Fsp3) is 0.812. The Hall–Kier alpha value is -1.48. The molecule has 2 rings (SSSR count). The van der Waals surface area contributed by atoms with Crippen LogP contribution >= 0.6 is 11.8 Å². The molecular formula is C16H27N3O5S. The molecule has 0 radical (unpaired) electrons. The summed E-state index contributed by atoms with van der Waals surface area (Å²) in [5.74, 6) is -0.747. The molecule has 0 aliphatic carbocycles. The minimum absolute atomic E-state index is 0.0387. The molecule has 2 aliphatic heterocycles. The summed E-state index contributed by atoms with van der Waals surface area (Å²) in [4.78, 5) is 35.2. The zero-order valence-corrected chi connectivity index (χ0v) is 15.0. The van der Waals surface area contributed by atoms with Crippen molar-refractivity contribution in [3.63, 3.8) is 0 Å². The molecule has 0 aromatic rings. The number of hydrogen-bond donors (Lipinski definition) is 4. The number of fused-ring (bicyclic) bond motifs is 1. The standard InChI is InChI=1S/C16H27N3O5S/c17-12(6-2-4-8-14(22)23)19-15-10(18-16(19)24)9-25-11(15)5-1-3-7-13(20)21/h10-12,15H,1-9,17H2,(H,18,24)(H,20,21)(H,22,23)/t10-,11-,12?,15-/m0/s1. The molecule has 2 fully saturated rings. The van der Waals surface area contributed by atoms with Gasteiger partial charge in [0.15, 0.2) is 0 Å². The zero-order valence-electron chi connectivity index (χ0n) is 14.2. The van der Waals surface area contributed by atoms with Crippen molar-refractivity contribution in [1.29, 1.82) is 0 Å². The largest absolute Gasteiger partial charge is 0.481 e. The maximum Gasteiger partial charge on any atom is 0.319 e. The molecule has 142 valence electrons. The van der Waals surface area contributed by atoms with E-state index in [0.717, 1.165) is 18.6 Å². The van der Waals surface area contributed by atoms with Gasteiger partial charge in [0.25, 0.3) is 0 Å². The molecule has 2 saturated heterocycles. The smallest absolute Gasteiger partial charge is 0.319 e. The number of carbonyl (C=O) groups excluding carboxylic acids is 1. The summed E-state index contributed by atoms with van der Waals surface area (Å²) in [6, 6.07) is -0.0135. The number of nitrogens with two attached hydrogens (primary N) is 1. The summed E-state index contributed by atoms with van der Waals surface area (Å²) in [6.45, 7) is 0. The lowest BCUT2D eigenvalue weighted by atomic mass is 10.0. The molecule has 9 heteroatoms.